The first-order valence-corrected chi connectivity index (χ1v) is 34.1. The number of thiol groups is 3. The molecule has 26 N–H and O–H groups in total. The molecule has 0 spiro atoms. The first kappa shape index (κ1) is 87.1. The summed E-state index contributed by atoms with van der Waals surface area (Å²) in [5.41, 5.74) is 38.9. The second-order valence-corrected chi connectivity index (χ2v) is 24.0. The predicted octanol–water partition coefficient (Wildman–Crippen LogP) is -8.43. The van der Waals surface area contributed by atoms with E-state index in [1.54, 1.807) is 4.90 Å². The number of urea groups is 3. The fourth-order valence-electron chi connectivity index (χ4n) is 9.01. The molecule has 0 aromatic carbocycles. The Kier molecular flexibility index (Phi) is 41.6. The van der Waals surface area contributed by atoms with Crippen LogP contribution in [0.3, 0.4) is 0 Å². The highest BCUT2D eigenvalue weighted by Gasteiger charge is 2.31. The molecule has 8 atom stereocenters. The topological polar surface area (TPSA) is 649 Å². The fourth-order valence-corrected chi connectivity index (χ4v) is 9.69. The molecule has 0 radical (unpaired) electrons. The van der Waals surface area contributed by atoms with Gasteiger partial charge in [0.05, 0.1) is 87.5 Å². The molecule has 0 aliphatic rings. The van der Waals surface area contributed by atoms with Crippen molar-refractivity contribution in [3.63, 3.8) is 0 Å². The SMILES string of the molecule is NCCCC[C@H](N)C(=O)CC(=O)NC(=O)[C@H](CS)NC(=O)NCC(=O)[C@H](Cc1cnc[nH]1)NC(=O)NCCN(CCNC(=O)CC(=O)[C@H](Cc1cnc[nH]1)NNC(=O)N[C@@H](CS)C(=O)NC(=O)CC(=O)[C@@H](N)CCCCN)CCNC(=O)CC(=O)[C@H](Cc1cnc[nH]1)NNC(=O)C(=O)[C@@H](N)CS. The Morgan fingerprint density at radius 1 is 0.431 bits per heavy atom. The zero-order valence-corrected chi connectivity index (χ0v) is 58.5. The third kappa shape index (κ3) is 35.0. The van der Waals surface area contributed by atoms with E-state index in [0.717, 1.165) is 0 Å². The van der Waals surface area contributed by atoms with Crippen LogP contribution in [-0.2, 0) is 81.6 Å². The van der Waals surface area contributed by atoms with Gasteiger partial charge in [-0.1, -0.05) is 12.8 Å². The lowest BCUT2D eigenvalue weighted by Gasteiger charge is -2.24. The number of Topliss-reactive ketones (excluding diaryl/α,β-unsaturated/α-hetero) is 6. The van der Waals surface area contributed by atoms with Crippen molar-refractivity contribution in [3.05, 3.63) is 54.7 Å². The minimum absolute atomic E-state index is 0.0111. The molecule has 3 aromatic rings. The summed E-state index contributed by atoms with van der Waals surface area (Å²) in [7, 11) is 0. The minimum Gasteiger partial charge on any atom is -0.354 e. The number of aromatic nitrogens is 6. The number of imide groups is 2. The number of hydrazine groups is 2. The summed E-state index contributed by atoms with van der Waals surface area (Å²) in [6, 6.07) is -12.8. The first-order valence-electron chi connectivity index (χ1n) is 32.2. The van der Waals surface area contributed by atoms with E-state index in [9.17, 15) is 76.7 Å². The molecule has 44 heteroatoms. The monoisotopic (exact) mass is 1490 g/mol. The molecule has 0 bridgehead atoms. The van der Waals surface area contributed by atoms with Gasteiger partial charge in [-0.3, -0.25) is 88.7 Å². The van der Waals surface area contributed by atoms with Crippen LogP contribution in [0.1, 0.15) is 81.3 Å². The minimum atomic E-state index is -1.42. The van der Waals surface area contributed by atoms with Crippen LogP contribution in [0.25, 0.3) is 0 Å². The van der Waals surface area contributed by atoms with Gasteiger partial charge in [-0.15, -0.1) is 0 Å². The summed E-state index contributed by atoms with van der Waals surface area (Å²) in [6.07, 6.45) is 7.76. The second-order valence-electron chi connectivity index (χ2n) is 22.9. The maximum absolute atomic E-state index is 13.7. The molecular weight excluding hydrogens is 1400 g/mol. The van der Waals surface area contributed by atoms with Gasteiger partial charge in [-0.2, -0.15) is 37.9 Å². The maximum Gasteiger partial charge on any atom is 0.329 e. The van der Waals surface area contributed by atoms with Crippen molar-refractivity contribution >= 4 is 132 Å². The van der Waals surface area contributed by atoms with E-state index >= 15 is 0 Å². The van der Waals surface area contributed by atoms with Crippen LogP contribution in [0.4, 0.5) is 14.4 Å². The molecule has 0 saturated heterocycles. The molecule has 0 saturated carbocycles. The third-order valence-electron chi connectivity index (χ3n) is 14.8. The first-order chi connectivity index (χ1) is 48.7. The van der Waals surface area contributed by atoms with Gasteiger partial charge in [-0.05, 0) is 38.8 Å². The van der Waals surface area contributed by atoms with Crippen molar-refractivity contribution in [1.82, 2.24) is 104 Å². The number of ketones is 6. The quantitative estimate of drug-likeness (QED) is 0.00820. The van der Waals surface area contributed by atoms with Crippen LogP contribution in [0.5, 0.6) is 0 Å². The Labute approximate surface area is 601 Å². The molecule has 0 fully saturated rings. The highest BCUT2D eigenvalue weighted by atomic mass is 32.1. The Morgan fingerprint density at radius 2 is 0.824 bits per heavy atom. The van der Waals surface area contributed by atoms with Crippen LogP contribution >= 0.6 is 37.9 Å². The van der Waals surface area contributed by atoms with Gasteiger partial charge < -0.3 is 80.8 Å². The van der Waals surface area contributed by atoms with E-state index < -0.39 is 175 Å². The van der Waals surface area contributed by atoms with Crippen molar-refractivity contribution in [3.8, 4) is 0 Å². The summed E-state index contributed by atoms with van der Waals surface area (Å²) >= 11 is 12.1. The largest absolute Gasteiger partial charge is 0.354 e. The highest BCUT2D eigenvalue weighted by Crippen LogP contribution is 2.08. The normalized spacial score (nSPS) is 13.4. The number of carbonyl (C=O) groups is 16. The summed E-state index contributed by atoms with van der Waals surface area (Å²) in [5.74, 6) is -11.9. The van der Waals surface area contributed by atoms with E-state index in [1.165, 1.54) is 37.6 Å². The average molecular weight is 1490 g/mol. The van der Waals surface area contributed by atoms with Crippen molar-refractivity contribution in [2.24, 2.45) is 28.7 Å². The van der Waals surface area contributed by atoms with Gasteiger partial charge in [0.2, 0.25) is 41.2 Å². The number of carbonyl (C=O) groups excluding carboxylic acids is 16. The van der Waals surface area contributed by atoms with Crippen molar-refractivity contribution in [2.45, 2.75) is 132 Å². The van der Waals surface area contributed by atoms with E-state index in [-0.39, 0.29) is 88.6 Å². The molecule has 13 amide bonds. The van der Waals surface area contributed by atoms with Crippen LogP contribution in [0, 0.1) is 0 Å². The lowest BCUT2D eigenvalue weighted by Crippen LogP contribution is -2.57. The van der Waals surface area contributed by atoms with Crippen molar-refractivity contribution < 1.29 is 76.7 Å². The van der Waals surface area contributed by atoms with Crippen LogP contribution in [0.15, 0.2) is 37.6 Å². The molecule has 41 nitrogen and oxygen atoms in total. The standard InChI is InChI=1S/C58H93N25O16S3/c59-7-3-1-5-35(61)43(84)18-50(91)77-53(94)41(27-101)75-57(98)70-25-47(88)38(15-32-22-64-29-71-32)74-56(97)69-11-14-83(12-9-67-48(89)20-45(86)39(16-33-23-65-30-72-33)79-81-55(96)52(93)37(63)26-100)13-10-68-49(90)21-46(87)40(17-34-24-66-31-73-34)80-82-58(99)76-42(28-102)54(95)78-51(92)19-44(85)36(62)6-2-4-8-60/h22-24,29-31,35-42,79-80,100-102H,1-21,25-28,59-63H2,(H,64,71)(H,65,72)(H,66,73)(H,67,89)(H,68,90)(H,81,96)(H2,69,74,97)(H2,70,75,98)(H2,76,82,99)(H,77,91,94)(H,78,92,95)/t35-,36-,37-,38-,39-,40-,41-,42-/m0/s1. The van der Waals surface area contributed by atoms with Gasteiger partial charge in [-0.25, -0.2) is 40.2 Å². The van der Waals surface area contributed by atoms with E-state index in [1.807, 2.05) is 10.6 Å². The predicted molar refractivity (Wildman–Crippen MR) is 374 cm³/mol. The maximum atomic E-state index is 13.7. The summed E-state index contributed by atoms with van der Waals surface area (Å²) in [4.78, 5) is 230. The number of unbranched alkanes of at least 4 members (excludes halogenated alkanes) is 2. The number of nitrogens with zero attached hydrogens (tertiary/aromatic N) is 4. The number of aromatic amines is 3. The number of H-pyrrole nitrogens is 3. The summed E-state index contributed by atoms with van der Waals surface area (Å²) in [5, 5.41) is 21.3. The van der Waals surface area contributed by atoms with Crippen molar-refractivity contribution in [2.75, 3.05) is 76.2 Å². The Balaban J connectivity index is 1.71. The number of nitrogens with one attached hydrogen (secondary N) is 16. The molecule has 3 heterocycles. The average Bonchev–Trinajstić information content (AvgIpc) is 1.48. The fraction of sp³-hybridized carbons (Fsp3) is 0.569. The number of nitrogens with two attached hydrogens (primary N) is 5. The Morgan fingerprint density at radius 3 is 1.24 bits per heavy atom. The highest BCUT2D eigenvalue weighted by molar-refractivity contribution is 7.80. The second kappa shape index (κ2) is 48.7. The lowest BCUT2D eigenvalue weighted by atomic mass is 10.0. The van der Waals surface area contributed by atoms with E-state index in [0.29, 0.717) is 55.9 Å². The van der Waals surface area contributed by atoms with Gasteiger partial charge in [0.25, 0.3) is 0 Å². The zero-order valence-electron chi connectivity index (χ0n) is 55.8. The number of rotatable bonds is 52. The van der Waals surface area contributed by atoms with E-state index in [2.05, 4.69) is 127 Å². The van der Waals surface area contributed by atoms with Crippen LogP contribution in [0.2, 0.25) is 0 Å². The zero-order chi connectivity index (χ0) is 75.5. The number of hydrogen-bond donors (Lipinski definition) is 24. The third-order valence-corrected chi connectivity index (χ3v) is 15.9. The molecule has 0 aliphatic carbocycles. The van der Waals surface area contributed by atoms with Crippen LogP contribution < -0.4 is 98.2 Å². The number of amides is 13. The molecule has 0 unspecified atom stereocenters. The molecule has 3 rings (SSSR count). The number of imidazole rings is 3. The van der Waals surface area contributed by atoms with Crippen molar-refractivity contribution in [1.29, 1.82) is 0 Å². The number of hydrogen-bond acceptors (Lipinski definition) is 30. The van der Waals surface area contributed by atoms with Gasteiger partial charge in [0.15, 0.2) is 28.9 Å². The Hall–Kier alpha value is -9.12. The molecular formula is C58H93N25O16S3. The molecule has 3 aromatic heterocycles. The molecule has 564 valence electrons. The smallest absolute Gasteiger partial charge is 0.329 e. The lowest BCUT2D eigenvalue weighted by molar-refractivity contribution is -0.139. The van der Waals surface area contributed by atoms with Gasteiger partial charge in [0, 0.05) is 111 Å². The van der Waals surface area contributed by atoms with Gasteiger partial charge in [0.1, 0.15) is 12.1 Å². The van der Waals surface area contributed by atoms with Crippen LogP contribution in [-0.4, -0.2) is 253 Å². The molecule has 0 aliphatic heterocycles. The van der Waals surface area contributed by atoms with Gasteiger partial charge >= 0.3 is 24.0 Å². The summed E-state index contributed by atoms with van der Waals surface area (Å²) < 4.78 is 0. The summed E-state index contributed by atoms with van der Waals surface area (Å²) in [6.45, 7) is -0.432. The van der Waals surface area contributed by atoms with E-state index in [4.69, 9.17) is 28.7 Å². The Bertz CT molecular complexity index is 3240. The molecule has 102 heavy (non-hydrogen) atoms.